The van der Waals surface area contributed by atoms with Gasteiger partial charge >= 0.3 is 0 Å². The average Bonchev–Trinajstić information content (AvgIpc) is 3.37. The van der Waals surface area contributed by atoms with Crippen molar-refractivity contribution in [2.24, 2.45) is 0 Å². The third-order valence-electron chi connectivity index (χ3n) is 5.09. The van der Waals surface area contributed by atoms with E-state index in [-0.39, 0.29) is 11.7 Å². The Morgan fingerprint density at radius 3 is 2.79 bits per heavy atom. The van der Waals surface area contributed by atoms with E-state index in [0.717, 1.165) is 29.6 Å². The molecule has 3 aromatic carbocycles. The SMILES string of the molecule is O=C(CSc1nncn1-c1cccc(Cl)c1)Nc1ccc2c3c(cccc13)CC2. The quantitative estimate of drug-likeness (QED) is 0.466. The highest BCUT2D eigenvalue weighted by molar-refractivity contribution is 7.99. The van der Waals surface area contributed by atoms with E-state index < -0.39 is 0 Å². The number of nitrogens with one attached hydrogen (secondary N) is 1. The van der Waals surface area contributed by atoms with Crippen molar-refractivity contribution in [1.29, 1.82) is 0 Å². The second kappa shape index (κ2) is 7.54. The van der Waals surface area contributed by atoms with Crippen LogP contribution in [-0.4, -0.2) is 26.4 Å². The van der Waals surface area contributed by atoms with Crippen molar-refractivity contribution in [1.82, 2.24) is 14.8 Å². The van der Waals surface area contributed by atoms with Gasteiger partial charge < -0.3 is 5.32 Å². The molecule has 0 atom stereocenters. The molecule has 5 nitrogen and oxygen atoms in total. The molecule has 0 saturated heterocycles. The van der Waals surface area contributed by atoms with Gasteiger partial charge in [0.15, 0.2) is 5.16 Å². The molecule has 0 bridgehead atoms. The highest BCUT2D eigenvalue weighted by Crippen LogP contribution is 2.35. The van der Waals surface area contributed by atoms with E-state index in [1.54, 1.807) is 6.33 Å². The molecular formula is C22H17ClN4OS. The van der Waals surface area contributed by atoms with Gasteiger partial charge in [-0.2, -0.15) is 0 Å². The molecule has 4 aromatic rings. The first-order chi connectivity index (χ1) is 14.2. The van der Waals surface area contributed by atoms with Crippen LogP contribution in [0.5, 0.6) is 0 Å². The molecule has 1 amide bonds. The number of amides is 1. The van der Waals surface area contributed by atoms with E-state index in [4.69, 9.17) is 11.6 Å². The summed E-state index contributed by atoms with van der Waals surface area (Å²) in [7, 11) is 0. The first-order valence-corrected chi connectivity index (χ1v) is 10.7. The molecule has 7 heteroatoms. The van der Waals surface area contributed by atoms with E-state index in [0.29, 0.717) is 10.2 Å². The van der Waals surface area contributed by atoms with Crippen LogP contribution >= 0.6 is 23.4 Å². The molecular weight excluding hydrogens is 404 g/mol. The molecule has 1 aliphatic rings. The highest BCUT2D eigenvalue weighted by atomic mass is 35.5. The van der Waals surface area contributed by atoms with Gasteiger partial charge in [0, 0.05) is 16.1 Å². The van der Waals surface area contributed by atoms with E-state index >= 15 is 0 Å². The lowest BCUT2D eigenvalue weighted by Crippen LogP contribution is -2.15. The Labute approximate surface area is 177 Å². The number of nitrogens with zero attached hydrogens (tertiary/aromatic N) is 3. The molecule has 0 radical (unpaired) electrons. The number of thioether (sulfide) groups is 1. The van der Waals surface area contributed by atoms with Crippen molar-refractivity contribution < 1.29 is 4.79 Å². The number of carbonyl (C=O) groups excluding carboxylic acids is 1. The number of carbonyl (C=O) groups is 1. The van der Waals surface area contributed by atoms with E-state index in [1.807, 2.05) is 34.9 Å². The zero-order chi connectivity index (χ0) is 19.8. The fourth-order valence-corrected chi connectivity index (χ4v) is 4.71. The molecule has 0 spiro atoms. The molecule has 0 saturated carbocycles. The normalized spacial score (nSPS) is 12.4. The van der Waals surface area contributed by atoms with Gasteiger partial charge in [-0.05, 0) is 53.6 Å². The molecule has 0 fully saturated rings. The second-order valence-electron chi connectivity index (χ2n) is 6.91. The summed E-state index contributed by atoms with van der Waals surface area (Å²) in [6.45, 7) is 0. The number of anilines is 1. The minimum Gasteiger partial charge on any atom is -0.325 e. The molecule has 0 aliphatic heterocycles. The molecule has 1 aliphatic carbocycles. The van der Waals surface area contributed by atoms with Crippen LogP contribution in [0.1, 0.15) is 11.1 Å². The van der Waals surface area contributed by atoms with Crippen LogP contribution < -0.4 is 5.32 Å². The minimum atomic E-state index is -0.0747. The summed E-state index contributed by atoms with van der Waals surface area (Å²) in [5.41, 5.74) is 4.43. The smallest absolute Gasteiger partial charge is 0.234 e. The summed E-state index contributed by atoms with van der Waals surface area (Å²) in [6.07, 6.45) is 3.76. The predicted molar refractivity (Wildman–Crippen MR) is 117 cm³/mol. The number of hydrogen-bond acceptors (Lipinski definition) is 4. The third-order valence-corrected chi connectivity index (χ3v) is 6.26. The van der Waals surface area contributed by atoms with Gasteiger partial charge in [-0.15, -0.1) is 10.2 Å². The molecule has 1 heterocycles. The largest absolute Gasteiger partial charge is 0.325 e. The van der Waals surface area contributed by atoms with Crippen LogP contribution in [-0.2, 0) is 17.6 Å². The average molecular weight is 421 g/mol. The van der Waals surface area contributed by atoms with Crippen molar-refractivity contribution >= 4 is 45.7 Å². The van der Waals surface area contributed by atoms with Crippen LogP contribution in [0.25, 0.3) is 16.5 Å². The Hall–Kier alpha value is -2.83. The molecule has 1 aromatic heterocycles. The molecule has 0 unspecified atom stereocenters. The van der Waals surface area contributed by atoms with E-state index in [9.17, 15) is 4.79 Å². The van der Waals surface area contributed by atoms with Gasteiger partial charge in [-0.25, -0.2) is 0 Å². The van der Waals surface area contributed by atoms with Crippen molar-refractivity contribution in [3.05, 3.63) is 77.1 Å². The van der Waals surface area contributed by atoms with Crippen molar-refractivity contribution in [3.63, 3.8) is 0 Å². The zero-order valence-corrected chi connectivity index (χ0v) is 17.0. The summed E-state index contributed by atoms with van der Waals surface area (Å²) in [6, 6.07) is 17.9. The van der Waals surface area contributed by atoms with E-state index in [2.05, 4.69) is 39.8 Å². The Morgan fingerprint density at radius 1 is 1.10 bits per heavy atom. The van der Waals surface area contributed by atoms with Crippen molar-refractivity contribution in [3.8, 4) is 5.69 Å². The Morgan fingerprint density at radius 2 is 1.93 bits per heavy atom. The highest BCUT2D eigenvalue weighted by Gasteiger charge is 2.17. The summed E-state index contributed by atoms with van der Waals surface area (Å²) in [5.74, 6) is 0.164. The number of benzene rings is 3. The van der Waals surface area contributed by atoms with Crippen LogP contribution in [0.2, 0.25) is 5.02 Å². The van der Waals surface area contributed by atoms with Gasteiger partial charge in [-0.3, -0.25) is 9.36 Å². The van der Waals surface area contributed by atoms with Gasteiger partial charge in [0.2, 0.25) is 5.91 Å². The molecule has 29 heavy (non-hydrogen) atoms. The fraction of sp³-hybridized carbons (Fsp3) is 0.136. The summed E-state index contributed by atoms with van der Waals surface area (Å²) >= 11 is 7.42. The lowest BCUT2D eigenvalue weighted by atomic mass is 10.0. The Bertz CT molecular complexity index is 1230. The van der Waals surface area contributed by atoms with Crippen molar-refractivity contribution in [2.45, 2.75) is 18.0 Å². The first-order valence-electron chi connectivity index (χ1n) is 9.31. The number of rotatable bonds is 5. The molecule has 5 rings (SSSR count). The van der Waals surface area contributed by atoms with Crippen molar-refractivity contribution in [2.75, 3.05) is 11.1 Å². The summed E-state index contributed by atoms with van der Waals surface area (Å²) in [4.78, 5) is 12.6. The maximum Gasteiger partial charge on any atom is 0.234 e. The zero-order valence-electron chi connectivity index (χ0n) is 15.4. The second-order valence-corrected chi connectivity index (χ2v) is 8.29. The maximum atomic E-state index is 12.6. The predicted octanol–water partition coefficient (Wildman–Crippen LogP) is 4.90. The minimum absolute atomic E-state index is 0.0747. The number of hydrogen-bond donors (Lipinski definition) is 1. The lowest BCUT2D eigenvalue weighted by Gasteiger charge is -2.11. The first kappa shape index (κ1) is 18.2. The number of aryl methyl sites for hydroxylation is 2. The van der Waals surface area contributed by atoms with E-state index in [1.165, 1.54) is 28.3 Å². The lowest BCUT2D eigenvalue weighted by molar-refractivity contribution is -0.113. The van der Waals surface area contributed by atoms with Gasteiger partial charge in [0.05, 0.1) is 11.4 Å². The van der Waals surface area contributed by atoms with Crippen LogP contribution in [0.4, 0.5) is 5.69 Å². The third kappa shape index (κ3) is 3.50. The fourth-order valence-electron chi connectivity index (χ4n) is 3.80. The molecule has 144 valence electrons. The standard InChI is InChI=1S/C22H17ClN4OS/c23-16-4-2-5-17(11-16)27-13-24-26-22(27)29-12-20(28)25-19-10-9-15-8-7-14-3-1-6-18(19)21(14)15/h1-6,9-11,13H,7-8,12H2,(H,25,28). The maximum absolute atomic E-state index is 12.6. The summed E-state index contributed by atoms with van der Waals surface area (Å²) in [5, 5.41) is 14.8. The van der Waals surface area contributed by atoms with Gasteiger partial charge in [0.1, 0.15) is 6.33 Å². The number of halogens is 1. The Balaban J connectivity index is 1.32. The van der Waals surface area contributed by atoms with Crippen LogP contribution in [0.15, 0.2) is 66.1 Å². The van der Waals surface area contributed by atoms with Gasteiger partial charge in [0.25, 0.3) is 0 Å². The summed E-state index contributed by atoms with van der Waals surface area (Å²) < 4.78 is 1.82. The monoisotopic (exact) mass is 420 g/mol. The Kier molecular flexibility index (Phi) is 4.73. The molecule has 1 N–H and O–H groups in total. The van der Waals surface area contributed by atoms with Crippen LogP contribution in [0.3, 0.4) is 0 Å². The topological polar surface area (TPSA) is 59.8 Å². The van der Waals surface area contributed by atoms with Crippen LogP contribution in [0, 0.1) is 0 Å². The number of aromatic nitrogens is 3. The van der Waals surface area contributed by atoms with Gasteiger partial charge in [-0.1, -0.05) is 53.7 Å².